The minimum atomic E-state index is 0.278. The monoisotopic (exact) mass is 296 g/mol. The van der Waals surface area contributed by atoms with E-state index in [9.17, 15) is 0 Å². The number of hydrogen-bond donors (Lipinski definition) is 0. The van der Waals surface area contributed by atoms with Gasteiger partial charge in [-0.2, -0.15) is 0 Å². The van der Waals surface area contributed by atoms with E-state index in [1.165, 1.54) is 25.2 Å². The first kappa shape index (κ1) is 14.0. The summed E-state index contributed by atoms with van der Waals surface area (Å²) in [5.41, 5.74) is 3.00. The molecule has 0 atom stereocenters. The SMILES string of the molecule is COc1c(Cl)ncnc1Sc1nc(C)c(C)c(C)n1. The van der Waals surface area contributed by atoms with Crippen LogP contribution in [-0.4, -0.2) is 27.0 Å². The van der Waals surface area contributed by atoms with Crippen LogP contribution in [0, 0.1) is 20.8 Å². The molecule has 2 heterocycles. The summed E-state index contributed by atoms with van der Waals surface area (Å²) in [4.78, 5) is 16.9. The molecular weight excluding hydrogens is 284 g/mol. The molecule has 0 spiro atoms. The van der Waals surface area contributed by atoms with Crippen LogP contribution in [0.1, 0.15) is 17.0 Å². The van der Waals surface area contributed by atoms with E-state index in [1.54, 1.807) is 0 Å². The van der Waals surface area contributed by atoms with Gasteiger partial charge in [0.2, 0.25) is 0 Å². The van der Waals surface area contributed by atoms with E-state index < -0.39 is 0 Å². The maximum Gasteiger partial charge on any atom is 0.194 e. The Hall–Kier alpha value is -1.40. The zero-order chi connectivity index (χ0) is 14.0. The summed E-state index contributed by atoms with van der Waals surface area (Å²) in [6.07, 6.45) is 1.39. The van der Waals surface area contributed by atoms with Crippen molar-refractivity contribution in [3.05, 3.63) is 28.4 Å². The lowest BCUT2D eigenvalue weighted by atomic mass is 10.2. The van der Waals surface area contributed by atoms with Crippen molar-refractivity contribution in [1.29, 1.82) is 0 Å². The fourth-order valence-corrected chi connectivity index (χ4v) is 2.63. The highest BCUT2D eigenvalue weighted by Crippen LogP contribution is 2.35. The van der Waals surface area contributed by atoms with Crippen LogP contribution in [0.3, 0.4) is 0 Å². The van der Waals surface area contributed by atoms with E-state index in [1.807, 2.05) is 20.8 Å². The van der Waals surface area contributed by atoms with Crippen LogP contribution >= 0.6 is 23.4 Å². The van der Waals surface area contributed by atoms with Crippen LogP contribution in [0.5, 0.6) is 5.75 Å². The van der Waals surface area contributed by atoms with Gasteiger partial charge < -0.3 is 4.74 Å². The predicted octanol–water partition coefficient (Wildman–Crippen LogP) is 3.01. The highest BCUT2D eigenvalue weighted by atomic mass is 35.5. The third-order valence-corrected chi connectivity index (χ3v) is 3.85. The molecule has 2 aromatic heterocycles. The minimum Gasteiger partial charge on any atom is -0.491 e. The van der Waals surface area contributed by atoms with E-state index in [-0.39, 0.29) is 5.15 Å². The first-order valence-corrected chi connectivity index (χ1v) is 6.76. The third-order valence-electron chi connectivity index (χ3n) is 2.73. The summed E-state index contributed by atoms with van der Waals surface area (Å²) in [7, 11) is 1.53. The summed E-state index contributed by atoms with van der Waals surface area (Å²) < 4.78 is 5.20. The lowest BCUT2D eigenvalue weighted by molar-refractivity contribution is 0.398. The molecule has 0 saturated carbocycles. The Morgan fingerprint density at radius 2 is 1.74 bits per heavy atom. The first-order chi connectivity index (χ1) is 9.02. The van der Waals surface area contributed by atoms with Crippen LogP contribution < -0.4 is 4.74 Å². The smallest absolute Gasteiger partial charge is 0.194 e. The van der Waals surface area contributed by atoms with E-state index in [0.29, 0.717) is 15.9 Å². The van der Waals surface area contributed by atoms with Crippen LogP contribution in [0.15, 0.2) is 16.5 Å². The Morgan fingerprint density at radius 3 is 2.32 bits per heavy atom. The van der Waals surface area contributed by atoms with Gasteiger partial charge in [0.05, 0.1) is 7.11 Å². The van der Waals surface area contributed by atoms with Crippen LogP contribution in [0.25, 0.3) is 0 Å². The number of rotatable bonds is 3. The second kappa shape index (κ2) is 5.71. The summed E-state index contributed by atoms with van der Waals surface area (Å²) in [6, 6.07) is 0. The molecule has 0 aromatic carbocycles. The molecule has 0 saturated heterocycles. The molecule has 0 aliphatic carbocycles. The Balaban J connectivity index is 2.39. The second-order valence-corrected chi connectivity index (χ2v) is 5.22. The highest BCUT2D eigenvalue weighted by molar-refractivity contribution is 7.99. The summed E-state index contributed by atoms with van der Waals surface area (Å²) >= 11 is 7.26. The molecule has 0 amide bonds. The summed E-state index contributed by atoms with van der Waals surface area (Å²) in [5.74, 6) is 0.439. The Kier molecular flexibility index (Phi) is 4.21. The Bertz CT molecular complexity index is 598. The molecule has 0 unspecified atom stereocenters. The predicted molar refractivity (Wildman–Crippen MR) is 74.0 cm³/mol. The van der Waals surface area contributed by atoms with E-state index in [2.05, 4.69) is 19.9 Å². The van der Waals surface area contributed by atoms with Crippen molar-refractivity contribution in [3.63, 3.8) is 0 Å². The normalized spacial score (nSPS) is 10.6. The number of nitrogens with zero attached hydrogens (tertiary/aromatic N) is 4. The van der Waals surface area contributed by atoms with Gasteiger partial charge in [0, 0.05) is 11.4 Å². The standard InChI is InChI=1S/C12H13ClN4OS/c1-6-7(2)16-12(17-8(6)3)19-11-9(18-4)10(13)14-5-15-11/h5H,1-4H3. The molecule has 0 radical (unpaired) electrons. The molecule has 0 bridgehead atoms. The Morgan fingerprint density at radius 1 is 1.11 bits per heavy atom. The van der Waals surface area contributed by atoms with E-state index in [4.69, 9.17) is 16.3 Å². The van der Waals surface area contributed by atoms with E-state index in [0.717, 1.165) is 17.0 Å². The van der Waals surface area contributed by atoms with Crippen LogP contribution in [0.4, 0.5) is 0 Å². The van der Waals surface area contributed by atoms with Crippen LogP contribution in [-0.2, 0) is 0 Å². The fraction of sp³-hybridized carbons (Fsp3) is 0.333. The summed E-state index contributed by atoms with van der Waals surface area (Å²) in [6.45, 7) is 5.91. The number of ether oxygens (including phenoxy) is 1. The number of methoxy groups -OCH3 is 1. The summed E-state index contributed by atoms with van der Waals surface area (Å²) in [5, 5.41) is 1.50. The van der Waals surface area contributed by atoms with Crippen molar-refractivity contribution in [3.8, 4) is 5.75 Å². The number of halogens is 1. The third kappa shape index (κ3) is 2.96. The van der Waals surface area contributed by atoms with Crippen molar-refractivity contribution in [2.75, 3.05) is 7.11 Å². The second-order valence-electron chi connectivity index (χ2n) is 3.91. The average Bonchev–Trinajstić information content (AvgIpc) is 2.36. The van der Waals surface area contributed by atoms with Crippen molar-refractivity contribution < 1.29 is 4.74 Å². The van der Waals surface area contributed by atoms with Gasteiger partial charge in [0.15, 0.2) is 21.1 Å². The molecular formula is C12H13ClN4OS. The first-order valence-electron chi connectivity index (χ1n) is 5.57. The van der Waals surface area contributed by atoms with Gasteiger partial charge in [0.25, 0.3) is 0 Å². The van der Waals surface area contributed by atoms with Gasteiger partial charge in [-0.15, -0.1) is 0 Å². The molecule has 19 heavy (non-hydrogen) atoms. The zero-order valence-corrected chi connectivity index (χ0v) is 12.6. The van der Waals surface area contributed by atoms with Gasteiger partial charge in [-0.1, -0.05) is 11.6 Å². The largest absolute Gasteiger partial charge is 0.491 e. The molecule has 100 valence electrons. The molecule has 0 fully saturated rings. The highest BCUT2D eigenvalue weighted by Gasteiger charge is 2.14. The topological polar surface area (TPSA) is 60.8 Å². The van der Waals surface area contributed by atoms with Gasteiger partial charge in [-0.3, -0.25) is 0 Å². The fourth-order valence-electron chi connectivity index (χ4n) is 1.46. The zero-order valence-electron chi connectivity index (χ0n) is 11.1. The van der Waals surface area contributed by atoms with Crippen molar-refractivity contribution in [2.45, 2.75) is 31.0 Å². The van der Waals surface area contributed by atoms with Gasteiger partial charge in [-0.25, -0.2) is 19.9 Å². The van der Waals surface area contributed by atoms with Gasteiger partial charge >= 0.3 is 0 Å². The maximum atomic E-state index is 5.95. The van der Waals surface area contributed by atoms with Crippen molar-refractivity contribution >= 4 is 23.4 Å². The van der Waals surface area contributed by atoms with Gasteiger partial charge in [0.1, 0.15) is 6.33 Å². The van der Waals surface area contributed by atoms with Crippen molar-refractivity contribution in [2.24, 2.45) is 0 Å². The lowest BCUT2D eigenvalue weighted by Crippen LogP contribution is -1.99. The molecule has 5 nitrogen and oxygen atoms in total. The number of aryl methyl sites for hydroxylation is 2. The molecule has 0 aliphatic heterocycles. The minimum absolute atomic E-state index is 0.278. The number of hydrogen-bond acceptors (Lipinski definition) is 6. The Labute approximate surface area is 120 Å². The lowest BCUT2D eigenvalue weighted by Gasteiger charge is -2.09. The maximum absolute atomic E-state index is 5.95. The van der Waals surface area contributed by atoms with Crippen LogP contribution in [0.2, 0.25) is 5.15 Å². The van der Waals surface area contributed by atoms with Crippen molar-refractivity contribution in [1.82, 2.24) is 19.9 Å². The van der Waals surface area contributed by atoms with Gasteiger partial charge in [-0.05, 0) is 38.1 Å². The van der Waals surface area contributed by atoms with E-state index >= 15 is 0 Å². The quantitative estimate of drug-likeness (QED) is 0.641. The molecule has 2 aromatic rings. The molecule has 7 heteroatoms. The number of aromatic nitrogens is 4. The molecule has 0 N–H and O–H groups in total. The molecule has 0 aliphatic rings. The average molecular weight is 297 g/mol. The molecule has 2 rings (SSSR count).